The summed E-state index contributed by atoms with van der Waals surface area (Å²) in [6, 6.07) is 23.1. The molecular formula is C29H28N4O3. The van der Waals surface area contributed by atoms with Crippen molar-refractivity contribution in [2.75, 3.05) is 7.11 Å². The number of aromatic nitrogens is 2. The Kier molecular flexibility index (Phi) is 6.29. The number of carbonyl (C=O) groups is 1. The zero-order valence-electron chi connectivity index (χ0n) is 20.8. The van der Waals surface area contributed by atoms with E-state index < -0.39 is 6.04 Å². The minimum Gasteiger partial charge on any atom is -0.497 e. The maximum Gasteiger partial charge on any atom is 0.322 e. The average Bonchev–Trinajstić information content (AvgIpc) is 3.37. The number of aryl methyl sites for hydroxylation is 2. The lowest BCUT2D eigenvalue weighted by molar-refractivity contribution is 0.203. The third-order valence-corrected chi connectivity index (χ3v) is 6.42. The summed E-state index contributed by atoms with van der Waals surface area (Å²) in [5, 5.41) is 7.41. The molecular weight excluding hydrogens is 452 g/mol. The summed E-state index contributed by atoms with van der Waals surface area (Å²) in [5.41, 5.74) is 6.55. The molecule has 0 saturated carbocycles. The lowest BCUT2D eigenvalue weighted by Crippen LogP contribution is -2.45. The molecule has 0 radical (unpaired) electrons. The van der Waals surface area contributed by atoms with E-state index in [1.165, 1.54) is 5.56 Å². The van der Waals surface area contributed by atoms with Crippen LogP contribution < -0.4 is 10.1 Å². The van der Waals surface area contributed by atoms with Crippen molar-refractivity contribution in [1.82, 2.24) is 20.4 Å². The molecule has 0 bridgehead atoms. The molecule has 0 aliphatic carbocycles. The molecule has 5 rings (SSSR count). The number of allylic oxidation sites excluding steroid dienone is 1. The molecule has 1 aliphatic heterocycles. The molecule has 1 unspecified atom stereocenters. The normalized spacial score (nSPS) is 15.7. The van der Waals surface area contributed by atoms with Crippen molar-refractivity contribution in [3.8, 4) is 17.1 Å². The number of urea groups is 1. The number of methoxy groups -OCH3 is 1. The topological polar surface area (TPSA) is 80.5 Å². The molecule has 7 nitrogen and oxygen atoms in total. The number of nitrogens with one attached hydrogen (secondary N) is 1. The smallest absolute Gasteiger partial charge is 0.322 e. The van der Waals surface area contributed by atoms with Gasteiger partial charge >= 0.3 is 6.03 Å². The zero-order chi connectivity index (χ0) is 25.2. The van der Waals surface area contributed by atoms with E-state index in [9.17, 15) is 4.79 Å². The van der Waals surface area contributed by atoms with Crippen LogP contribution in [0.5, 0.6) is 5.75 Å². The van der Waals surface area contributed by atoms with Crippen molar-refractivity contribution in [2.24, 2.45) is 0 Å². The van der Waals surface area contributed by atoms with Gasteiger partial charge in [0.2, 0.25) is 5.82 Å². The first kappa shape index (κ1) is 23.4. The maximum absolute atomic E-state index is 13.3. The van der Waals surface area contributed by atoms with E-state index in [0.29, 0.717) is 24.0 Å². The lowest BCUT2D eigenvalue weighted by atomic mass is 9.94. The van der Waals surface area contributed by atoms with E-state index in [2.05, 4.69) is 10.5 Å². The SMILES string of the molecule is COc1cccc(C2NC(=O)N(Cc3ccc(C)cc3)C(C)=C2c2nc(-c3cccc(C)c3)no2)c1. The van der Waals surface area contributed by atoms with Crippen molar-refractivity contribution in [1.29, 1.82) is 0 Å². The van der Waals surface area contributed by atoms with Crippen LogP contribution in [0.4, 0.5) is 4.79 Å². The second kappa shape index (κ2) is 9.70. The van der Waals surface area contributed by atoms with Crippen molar-refractivity contribution in [3.63, 3.8) is 0 Å². The molecule has 0 saturated heterocycles. The van der Waals surface area contributed by atoms with E-state index in [1.807, 2.05) is 93.6 Å². The average molecular weight is 481 g/mol. The van der Waals surface area contributed by atoms with Crippen LogP contribution in [0, 0.1) is 13.8 Å². The minimum atomic E-state index is -0.479. The van der Waals surface area contributed by atoms with E-state index >= 15 is 0 Å². The Bertz CT molecular complexity index is 1440. The van der Waals surface area contributed by atoms with Crippen molar-refractivity contribution in [3.05, 3.63) is 107 Å². The summed E-state index contributed by atoms with van der Waals surface area (Å²) in [6.07, 6.45) is 0. The van der Waals surface area contributed by atoms with Gasteiger partial charge in [-0.25, -0.2) is 4.79 Å². The number of benzene rings is 3. The third-order valence-electron chi connectivity index (χ3n) is 6.42. The Morgan fingerprint density at radius 2 is 1.75 bits per heavy atom. The molecule has 0 spiro atoms. The predicted octanol–water partition coefficient (Wildman–Crippen LogP) is 6.06. The molecule has 1 N–H and O–H groups in total. The highest BCUT2D eigenvalue weighted by molar-refractivity contribution is 5.87. The van der Waals surface area contributed by atoms with Gasteiger partial charge in [0.05, 0.1) is 25.3 Å². The summed E-state index contributed by atoms with van der Waals surface area (Å²) >= 11 is 0. The van der Waals surface area contributed by atoms with Crippen LogP contribution in [0.3, 0.4) is 0 Å². The molecule has 3 aromatic carbocycles. The fourth-order valence-corrected chi connectivity index (χ4v) is 4.43. The van der Waals surface area contributed by atoms with Gasteiger partial charge in [-0.2, -0.15) is 4.98 Å². The largest absolute Gasteiger partial charge is 0.497 e. The van der Waals surface area contributed by atoms with Crippen molar-refractivity contribution < 1.29 is 14.1 Å². The second-order valence-corrected chi connectivity index (χ2v) is 9.02. The number of rotatable bonds is 6. The number of carbonyl (C=O) groups excluding carboxylic acids is 1. The Balaban J connectivity index is 1.60. The zero-order valence-corrected chi connectivity index (χ0v) is 20.8. The summed E-state index contributed by atoms with van der Waals surface area (Å²) < 4.78 is 11.2. The fourth-order valence-electron chi connectivity index (χ4n) is 4.43. The summed E-state index contributed by atoms with van der Waals surface area (Å²) in [6.45, 7) is 6.41. The Labute approximate surface area is 210 Å². The predicted molar refractivity (Wildman–Crippen MR) is 138 cm³/mol. The van der Waals surface area contributed by atoms with Gasteiger partial charge in [0.1, 0.15) is 5.75 Å². The third kappa shape index (κ3) is 4.60. The maximum atomic E-state index is 13.3. The number of amides is 2. The highest BCUT2D eigenvalue weighted by Gasteiger charge is 2.36. The first-order chi connectivity index (χ1) is 17.4. The van der Waals surface area contributed by atoms with Crippen LogP contribution in [0.1, 0.15) is 41.1 Å². The van der Waals surface area contributed by atoms with Gasteiger partial charge in [-0.1, -0.05) is 70.9 Å². The van der Waals surface area contributed by atoms with Crippen LogP contribution in [0.2, 0.25) is 0 Å². The van der Waals surface area contributed by atoms with Gasteiger partial charge in [-0.3, -0.25) is 4.90 Å². The standard InChI is InChI=1S/C29H28N4O3/c1-18-11-13-21(14-12-18)17-33-20(3)25(26(30-29(33)34)22-8-6-10-24(16-22)35-4)28-31-27(32-36-28)23-9-5-7-19(2)15-23/h5-16,26H,17H2,1-4H3,(H,30,34). The Morgan fingerprint density at radius 1 is 0.972 bits per heavy atom. The van der Waals surface area contributed by atoms with Crippen LogP contribution in [-0.4, -0.2) is 28.2 Å². The van der Waals surface area contributed by atoms with Crippen molar-refractivity contribution in [2.45, 2.75) is 33.4 Å². The van der Waals surface area contributed by atoms with Gasteiger partial charge in [0.25, 0.3) is 5.89 Å². The quantitative estimate of drug-likeness (QED) is 0.363. The van der Waals surface area contributed by atoms with Gasteiger partial charge in [-0.05, 0) is 50.1 Å². The molecule has 0 fully saturated rings. The van der Waals surface area contributed by atoms with Gasteiger partial charge in [0.15, 0.2) is 0 Å². The molecule has 1 aliphatic rings. The monoisotopic (exact) mass is 480 g/mol. The van der Waals surface area contributed by atoms with E-state index in [4.69, 9.17) is 14.2 Å². The highest BCUT2D eigenvalue weighted by atomic mass is 16.5. The minimum absolute atomic E-state index is 0.192. The summed E-state index contributed by atoms with van der Waals surface area (Å²) in [7, 11) is 1.62. The fraction of sp³-hybridized carbons (Fsp3) is 0.207. The number of hydrogen-bond acceptors (Lipinski definition) is 5. The Morgan fingerprint density at radius 3 is 2.50 bits per heavy atom. The molecule has 2 amide bonds. The molecule has 4 aromatic rings. The van der Waals surface area contributed by atoms with Gasteiger partial charge in [-0.15, -0.1) is 0 Å². The van der Waals surface area contributed by atoms with Crippen LogP contribution >= 0.6 is 0 Å². The number of nitrogens with zero attached hydrogens (tertiary/aromatic N) is 3. The molecule has 1 aromatic heterocycles. The molecule has 2 heterocycles. The van der Waals surface area contributed by atoms with Gasteiger partial charge in [0, 0.05) is 11.3 Å². The van der Waals surface area contributed by atoms with Crippen LogP contribution in [0.15, 0.2) is 83.0 Å². The van der Waals surface area contributed by atoms with E-state index in [0.717, 1.165) is 33.5 Å². The van der Waals surface area contributed by atoms with E-state index in [-0.39, 0.29) is 6.03 Å². The lowest BCUT2D eigenvalue weighted by Gasteiger charge is -2.35. The van der Waals surface area contributed by atoms with Gasteiger partial charge < -0.3 is 14.6 Å². The van der Waals surface area contributed by atoms with E-state index in [1.54, 1.807) is 12.0 Å². The highest BCUT2D eigenvalue weighted by Crippen LogP contribution is 2.38. The summed E-state index contributed by atoms with van der Waals surface area (Å²) in [5.74, 6) is 1.57. The Hall–Kier alpha value is -4.39. The summed E-state index contributed by atoms with van der Waals surface area (Å²) in [4.78, 5) is 19.8. The molecule has 36 heavy (non-hydrogen) atoms. The number of hydrogen-bond donors (Lipinski definition) is 1. The second-order valence-electron chi connectivity index (χ2n) is 9.02. The first-order valence-electron chi connectivity index (χ1n) is 11.8. The first-order valence-corrected chi connectivity index (χ1v) is 11.8. The molecule has 7 heteroatoms. The number of ether oxygens (including phenoxy) is 1. The molecule has 182 valence electrons. The van der Waals surface area contributed by atoms with Crippen LogP contribution in [0.25, 0.3) is 17.0 Å². The van der Waals surface area contributed by atoms with Crippen molar-refractivity contribution >= 4 is 11.6 Å². The molecule has 1 atom stereocenters. The van der Waals surface area contributed by atoms with Crippen LogP contribution in [-0.2, 0) is 6.54 Å².